The van der Waals surface area contributed by atoms with E-state index < -0.39 is 0 Å². The van der Waals surface area contributed by atoms with Crippen LogP contribution in [-0.2, 0) is 4.79 Å². The molecule has 0 bridgehead atoms. The van der Waals surface area contributed by atoms with Crippen molar-refractivity contribution in [2.75, 3.05) is 19.0 Å². The first-order valence-corrected chi connectivity index (χ1v) is 8.52. The van der Waals surface area contributed by atoms with Gasteiger partial charge in [0, 0.05) is 25.3 Å². The molecule has 2 aromatic carbocycles. The number of nitrogens with zero attached hydrogens (tertiary/aromatic N) is 1. The second-order valence-corrected chi connectivity index (χ2v) is 7.29. The summed E-state index contributed by atoms with van der Waals surface area (Å²) in [6.07, 6.45) is 1.65. The Labute approximate surface area is 150 Å². The smallest absolute Gasteiger partial charge is 0.263 e. The zero-order valence-electron chi connectivity index (χ0n) is 13.2. The Kier molecular flexibility index (Phi) is 4.59. The van der Waals surface area contributed by atoms with Gasteiger partial charge in [-0.2, -0.15) is 0 Å². The number of nitrogens with one attached hydrogen (secondary N) is 1. The zero-order valence-corrected chi connectivity index (χ0v) is 14.9. The lowest BCUT2D eigenvalue weighted by Crippen LogP contribution is -2.17. The van der Waals surface area contributed by atoms with Gasteiger partial charge in [0.25, 0.3) is 5.91 Å². The van der Waals surface area contributed by atoms with Gasteiger partial charge in [-0.05, 0) is 35.4 Å². The summed E-state index contributed by atoms with van der Waals surface area (Å²) >= 11 is 6.16. The molecule has 1 amide bonds. The summed E-state index contributed by atoms with van der Waals surface area (Å²) < 4.78 is 0.434. The van der Waals surface area contributed by atoms with E-state index in [1.54, 1.807) is 18.2 Å². The quantitative estimate of drug-likeness (QED) is 0.650. The Morgan fingerprint density at radius 2 is 1.79 bits per heavy atom. The number of benzene rings is 2. The highest BCUT2D eigenvalue weighted by Crippen LogP contribution is 2.32. The molecular formula is C18H16N2O2S2. The molecule has 24 heavy (non-hydrogen) atoms. The molecule has 1 saturated heterocycles. The summed E-state index contributed by atoms with van der Waals surface area (Å²) in [5.41, 5.74) is 3.64. The summed E-state index contributed by atoms with van der Waals surface area (Å²) in [4.78, 5) is 14.2. The van der Waals surface area contributed by atoms with Gasteiger partial charge in [-0.25, -0.2) is 0 Å². The average Bonchev–Trinajstić information content (AvgIpc) is 2.87. The predicted octanol–water partition coefficient (Wildman–Crippen LogP) is 3.61. The molecule has 0 atom stereocenters. The minimum Gasteiger partial charge on any atom is -0.507 e. The number of carbonyl (C=O) groups is 1. The summed E-state index contributed by atoms with van der Waals surface area (Å²) in [6.45, 7) is 0. The van der Waals surface area contributed by atoms with Gasteiger partial charge in [-0.1, -0.05) is 48.2 Å². The van der Waals surface area contributed by atoms with E-state index in [2.05, 4.69) is 5.32 Å². The molecule has 0 aliphatic carbocycles. The van der Waals surface area contributed by atoms with Crippen LogP contribution in [0.3, 0.4) is 0 Å². The van der Waals surface area contributed by atoms with Crippen molar-refractivity contribution in [2.24, 2.45) is 0 Å². The van der Waals surface area contributed by atoms with Crippen molar-refractivity contribution in [3.8, 4) is 16.9 Å². The monoisotopic (exact) mass is 356 g/mol. The van der Waals surface area contributed by atoms with E-state index in [1.165, 1.54) is 11.8 Å². The molecular weight excluding hydrogens is 340 g/mol. The van der Waals surface area contributed by atoms with Crippen molar-refractivity contribution in [2.45, 2.75) is 0 Å². The van der Waals surface area contributed by atoms with Gasteiger partial charge in [-0.3, -0.25) is 4.79 Å². The van der Waals surface area contributed by atoms with Crippen LogP contribution in [0.5, 0.6) is 5.75 Å². The van der Waals surface area contributed by atoms with Crippen molar-refractivity contribution in [1.82, 2.24) is 5.32 Å². The van der Waals surface area contributed by atoms with Crippen LogP contribution in [0.1, 0.15) is 5.56 Å². The number of carbonyl (C=O) groups excluding carboxylic acids is 1. The number of thioether (sulfide) groups is 1. The SMILES string of the molecule is CN(C)c1ccc(-c2ccc(/C=C3\SC(=S)NC3=O)c(O)c2)cc1. The number of hydrogen-bond donors (Lipinski definition) is 2. The number of phenolic OH excluding ortho intramolecular Hbond substituents is 1. The van der Waals surface area contributed by atoms with Gasteiger partial charge >= 0.3 is 0 Å². The standard InChI is InChI=1S/C18H16N2O2S2/c1-20(2)14-7-5-11(6-8-14)12-3-4-13(15(21)9-12)10-16-17(22)19-18(23)24-16/h3-10,21H,1-2H3,(H,19,22,23)/b16-10-. The number of anilines is 1. The van der Waals surface area contributed by atoms with Crippen LogP contribution in [0.25, 0.3) is 17.2 Å². The molecule has 0 unspecified atom stereocenters. The van der Waals surface area contributed by atoms with Crippen LogP contribution in [-0.4, -0.2) is 29.4 Å². The fourth-order valence-corrected chi connectivity index (χ4v) is 3.39. The lowest BCUT2D eigenvalue weighted by Gasteiger charge is -2.13. The molecule has 2 N–H and O–H groups in total. The first kappa shape index (κ1) is 16.5. The number of thiocarbonyl (C=S) groups is 1. The van der Waals surface area contributed by atoms with E-state index >= 15 is 0 Å². The summed E-state index contributed by atoms with van der Waals surface area (Å²) in [5.74, 6) is -0.101. The maximum Gasteiger partial charge on any atom is 0.263 e. The molecule has 1 heterocycles. The molecule has 4 nitrogen and oxygen atoms in total. The van der Waals surface area contributed by atoms with Crippen LogP contribution in [0.15, 0.2) is 47.4 Å². The Balaban J connectivity index is 1.88. The maximum absolute atomic E-state index is 11.7. The normalized spacial score (nSPS) is 15.7. The molecule has 6 heteroatoms. The first-order chi connectivity index (χ1) is 11.4. The fourth-order valence-electron chi connectivity index (χ4n) is 2.36. The second-order valence-electron chi connectivity index (χ2n) is 5.57. The fraction of sp³-hybridized carbons (Fsp3) is 0.111. The van der Waals surface area contributed by atoms with Crippen molar-refractivity contribution >= 4 is 46.0 Å². The third-order valence-electron chi connectivity index (χ3n) is 3.68. The minimum absolute atomic E-state index is 0.128. The summed E-state index contributed by atoms with van der Waals surface area (Å²) in [7, 11) is 3.98. The van der Waals surface area contributed by atoms with Gasteiger partial charge in [0.05, 0.1) is 4.91 Å². The van der Waals surface area contributed by atoms with Crippen LogP contribution in [0.2, 0.25) is 0 Å². The largest absolute Gasteiger partial charge is 0.507 e. The Morgan fingerprint density at radius 3 is 2.33 bits per heavy atom. The Hall–Kier alpha value is -2.31. The van der Waals surface area contributed by atoms with Crippen molar-refractivity contribution in [3.63, 3.8) is 0 Å². The average molecular weight is 356 g/mol. The van der Waals surface area contributed by atoms with E-state index in [9.17, 15) is 9.90 Å². The van der Waals surface area contributed by atoms with E-state index in [0.29, 0.717) is 14.8 Å². The van der Waals surface area contributed by atoms with Crippen LogP contribution in [0, 0.1) is 0 Å². The number of amides is 1. The van der Waals surface area contributed by atoms with Crippen LogP contribution >= 0.6 is 24.0 Å². The molecule has 0 aromatic heterocycles. The molecule has 1 aliphatic heterocycles. The van der Waals surface area contributed by atoms with E-state index in [1.807, 2.05) is 49.3 Å². The zero-order chi connectivity index (χ0) is 17.3. The molecule has 2 aromatic rings. The molecule has 3 rings (SSSR count). The van der Waals surface area contributed by atoms with Crippen LogP contribution < -0.4 is 10.2 Å². The minimum atomic E-state index is -0.229. The number of hydrogen-bond acceptors (Lipinski definition) is 5. The van der Waals surface area contributed by atoms with Gasteiger partial charge < -0.3 is 15.3 Å². The highest BCUT2D eigenvalue weighted by Gasteiger charge is 2.22. The predicted molar refractivity (Wildman–Crippen MR) is 104 cm³/mol. The third-order valence-corrected chi connectivity index (χ3v) is 4.84. The molecule has 1 aliphatic rings. The number of aromatic hydroxyl groups is 1. The lowest BCUT2D eigenvalue weighted by atomic mass is 10.0. The molecule has 122 valence electrons. The van der Waals surface area contributed by atoms with Gasteiger partial charge in [0.15, 0.2) is 0 Å². The maximum atomic E-state index is 11.7. The summed E-state index contributed by atoms with van der Waals surface area (Å²) in [5, 5.41) is 12.8. The van der Waals surface area contributed by atoms with E-state index in [-0.39, 0.29) is 11.7 Å². The Bertz CT molecular complexity index is 843. The summed E-state index contributed by atoms with van der Waals surface area (Å²) in [6, 6.07) is 13.5. The van der Waals surface area contributed by atoms with E-state index in [4.69, 9.17) is 12.2 Å². The third kappa shape index (κ3) is 3.44. The van der Waals surface area contributed by atoms with Gasteiger partial charge in [0.2, 0.25) is 0 Å². The number of rotatable bonds is 3. The molecule has 0 spiro atoms. The Morgan fingerprint density at radius 1 is 1.12 bits per heavy atom. The lowest BCUT2D eigenvalue weighted by molar-refractivity contribution is -0.115. The van der Waals surface area contributed by atoms with Crippen LogP contribution in [0.4, 0.5) is 5.69 Å². The molecule has 0 radical (unpaired) electrons. The first-order valence-electron chi connectivity index (χ1n) is 7.29. The topological polar surface area (TPSA) is 52.6 Å². The van der Waals surface area contributed by atoms with Crippen molar-refractivity contribution in [1.29, 1.82) is 0 Å². The highest BCUT2D eigenvalue weighted by atomic mass is 32.2. The van der Waals surface area contributed by atoms with Crippen molar-refractivity contribution < 1.29 is 9.90 Å². The molecule has 0 saturated carbocycles. The number of phenols is 1. The van der Waals surface area contributed by atoms with E-state index in [0.717, 1.165) is 16.8 Å². The van der Waals surface area contributed by atoms with Gasteiger partial charge in [-0.15, -0.1) is 0 Å². The molecule has 1 fully saturated rings. The van der Waals surface area contributed by atoms with Crippen molar-refractivity contribution in [3.05, 3.63) is 52.9 Å². The second kappa shape index (κ2) is 6.67. The van der Waals surface area contributed by atoms with Gasteiger partial charge in [0.1, 0.15) is 10.1 Å². The highest BCUT2D eigenvalue weighted by molar-refractivity contribution is 8.26.